The molecule has 1 N–H and O–H groups in total. The molecule has 2 aromatic rings. The van der Waals surface area contributed by atoms with Gasteiger partial charge in [-0.2, -0.15) is 4.98 Å². The Hall–Kier alpha value is -2.52. The van der Waals surface area contributed by atoms with Crippen molar-refractivity contribution in [2.75, 3.05) is 57.1 Å². The third kappa shape index (κ3) is 3.79. The lowest BCUT2D eigenvalue weighted by Gasteiger charge is -2.17. The first kappa shape index (κ1) is 17.9. The van der Waals surface area contributed by atoms with Crippen molar-refractivity contribution >= 4 is 22.7 Å². The van der Waals surface area contributed by atoms with E-state index >= 15 is 0 Å². The van der Waals surface area contributed by atoms with Crippen LogP contribution in [0.3, 0.4) is 0 Å². The zero-order valence-electron chi connectivity index (χ0n) is 16.2. The zero-order chi connectivity index (χ0) is 18.6. The standard InChI is InChI=1S/C21H27N5O/c1-22-20-17-15-19(27-2)16(8-7-11-25-9-3-4-10-25)14-18(17)23-21(24-20)26-12-5-6-13-26/h14-15H,3-6,9-13H2,1-2H3,(H,22,23,24). The summed E-state index contributed by atoms with van der Waals surface area (Å²) in [5.41, 5.74) is 1.79. The van der Waals surface area contributed by atoms with Gasteiger partial charge in [-0.15, -0.1) is 0 Å². The van der Waals surface area contributed by atoms with Crippen LogP contribution in [0.4, 0.5) is 11.8 Å². The van der Waals surface area contributed by atoms with Crippen molar-refractivity contribution in [3.05, 3.63) is 17.7 Å². The van der Waals surface area contributed by atoms with Crippen molar-refractivity contribution in [3.8, 4) is 17.6 Å². The van der Waals surface area contributed by atoms with E-state index in [9.17, 15) is 0 Å². The van der Waals surface area contributed by atoms with E-state index in [1.54, 1.807) is 7.11 Å². The average Bonchev–Trinajstić information content (AvgIpc) is 3.40. The van der Waals surface area contributed by atoms with Crippen LogP contribution < -0.4 is 15.0 Å². The van der Waals surface area contributed by atoms with E-state index in [0.717, 1.165) is 66.7 Å². The molecule has 2 aliphatic heterocycles. The van der Waals surface area contributed by atoms with Gasteiger partial charge in [0.1, 0.15) is 11.6 Å². The summed E-state index contributed by atoms with van der Waals surface area (Å²) in [7, 11) is 3.58. The van der Waals surface area contributed by atoms with E-state index < -0.39 is 0 Å². The number of aromatic nitrogens is 2. The second-order valence-electron chi connectivity index (χ2n) is 7.17. The number of fused-ring (bicyclic) bond motifs is 1. The lowest BCUT2D eigenvalue weighted by atomic mass is 10.1. The van der Waals surface area contributed by atoms with Crippen LogP contribution >= 0.6 is 0 Å². The molecule has 2 saturated heterocycles. The van der Waals surface area contributed by atoms with Crippen LogP contribution in [-0.2, 0) is 0 Å². The summed E-state index contributed by atoms with van der Waals surface area (Å²) < 4.78 is 5.60. The third-order valence-corrected chi connectivity index (χ3v) is 5.36. The van der Waals surface area contributed by atoms with Crippen LogP contribution in [0.25, 0.3) is 10.9 Å². The lowest BCUT2D eigenvalue weighted by Crippen LogP contribution is -2.21. The minimum atomic E-state index is 0.769. The van der Waals surface area contributed by atoms with Gasteiger partial charge in [-0.25, -0.2) is 4.98 Å². The molecule has 1 aromatic heterocycles. The Bertz CT molecular complexity index is 873. The number of rotatable bonds is 4. The first-order chi connectivity index (χ1) is 13.3. The molecule has 0 spiro atoms. The zero-order valence-corrected chi connectivity index (χ0v) is 16.2. The second-order valence-corrected chi connectivity index (χ2v) is 7.17. The summed E-state index contributed by atoms with van der Waals surface area (Å²) >= 11 is 0. The van der Waals surface area contributed by atoms with Crippen LogP contribution in [0.1, 0.15) is 31.2 Å². The Kier molecular flexibility index (Phi) is 5.30. The van der Waals surface area contributed by atoms with Crippen LogP contribution in [0, 0.1) is 11.8 Å². The Morgan fingerprint density at radius 2 is 1.81 bits per heavy atom. The van der Waals surface area contributed by atoms with E-state index in [-0.39, 0.29) is 0 Å². The van der Waals surface area contributed by atoms with Gasteiger partial charge < -0.3 is 15.0 Å². The quantitative estimate of drug-likeness (QED) is 0.841. The molecule has 2 fully saturated rings. The molecule has 0 aliphatic carbocycles. The van der Waals surface area contributed by atoms with Crippen molar-refractivity contribution < 1.29 is 4.74 Å². The van der Waals surface area contributed by atoms with E-state index in [4.69, 9.17) is 14.7 Å². The Labute approximate surface area is 160 Å². The number of nitrogens with one attached hydrogen (secondary N) is 1. The van der Waals surface area contributed by atoms with Gasteiger partial charge >= 0.3 is 0 Å². The van der Waals surface area contributed by atoms with Gasteiger partial charge in [0.2, 0.25) is 5.95 Å². The summed E-state index contributed by atoms with van der Waals surface area (Å²) in [6, 6.07) is 4.03. The van der Waals surface area contributed by atoms with E-state index in [1.165, 1.54) is 25.7 Å². The number of hydrogen-bond donors (Lipinski definition) is 1. The van der Waals surface area contributed by atoms with Crippen molar-refractivity contribution in [1.82, 2.24) is 14.9 Å². The predicted molar refractivity (Wildman–Crippen MR) is 110 cm³/mol. The van der Waals surface area contributed by atoms with Gasteiger partial charge in [0.25, 0.3) is 0 Å². The molecule has 0 amide bonds. The van der Waals surface area contributed by atoms with Gasteiger partial charge in [0.15, 0.2) is 0 Å². The number of benzene rings is 1. The molecule has 27 heavy (non-hydrogen) atoms. The molecule has 4 rings (SSSR count). The van der Waals surface area contributed by atoms with Crippen molar-refractivity contribution in [1.29, 1.82) is 0 Å². The molecule has 3 heterocycles. The number of ether oxygens (including phenoxy) is 1. The second kappa shape index (κ2) is 8.01. The SMILES string of the molecule is CNc1nc(N2CCCC2)nc2cc(C#CCN3CCCC3)c(OC)cc12. The summed E-state index contributed by atoms with van der Waals surface area (Å²) in [4.78, 5) is 14.2. The predicted octanol–water partition coefficient (Wildman–Crippen LogP) is 2.73. The van der Waals surface area contributed by atoms with Crippen LogP contribution in [0.2, 0.25) is 0 Å². The lowest BCUT2D eigenvalue weighted by molar-refractivity contribution is 0.383. The highest BCUT2D eigenvalue weighted by Gasteiger charge is 2.18. The van der Waals surface area contributed by atoms with Gasteiger partial charge in [-0.1, -0.05) is 11.8 Å². The fraction of sp³-hybridized carbons (Fsp3) is 0.524. The number of nitrogens with zero attached hydrogens (tertiary/aromatic N) is 4. The number of anilines is 2. The number of hydrogen-bond acceptors (Lipinski definition) is 6. The van der Waals surface area contributed by atoms with E-state index in [1.807, 2.05) is 19.2 Å². The topological polar surface area (TPSA) is 53.5 Å². The molecule has 0 radical (unpaired) electrons. The van der Waals surface area contributed by atoms with Crippen LogP contribution in [-0.4, -0.2) is 61.7 Å². The highest BCUT2D eigenvalue weighted by Crippen LogP contribution is 2.30. The van der Waals surface area contributed by atoms with Crippen LogP contribution in [0.5, 0.6) is 5.75 Å². The fourth-order valence-corrected chi connectivity index (χ4v) is 3.85. The molecule has 2 aliphatic rings. The van der Waals surface area contributed by atoms with Crippen molar-refractivity contribution in [2.24, 2.45) is 0 Å². The maximum atomic E-state index is 5.60. The molecule has 0 unspecified atom stereocenters. The largest absolute Gasteiger partial charge is 0.495 e. The van der Waals surface area contributed by atoms with Crippen LogP contribution in [0.15, 0.2) is 12.1 Å². The highest BCUT2D eigenvalue weighted by atomic mass is 16.5. The molecule has 6 heteroatoms. The van der Waals surface area contributed by atoms with E-state index in [0.29, 0.717) is 0 Å². The number of methoxy groups -OCH3 is 1. The average molecular weight is 365 g/mol. The summed E-state index contributed by atoms with van der Waals surface area (Å²) in [5.74, 6) is 9.00. The number of likely N-dealkylation sites (tertiary alicyclic amines) is 1. The van der Waals surface area contributed by atoms with E-state index in [2.05, 4.69) is 27.0 Å². The van der Waals surface area contributed by atoms with Crippen molar-refractivity contribution in [2.45, 2.75) is 25.7 Å². The molecular formula is C21H27N5O. The summed E-state index contributed by atoms with van der Waals surface area (Å²) in [5, 5.41) is 4.17. The molecule has 0 bridgehead atoms. The summed E-state index contributed by atoms with van der Waals surface area (Å²) in [6.45, 7) is 5.16. The summed E-state index contributed by atoms with van der Waals surface area (Å²) in [6.07, 6.45) is 4.96. The molecule has 0 saturated carbocycles. The maximum absolute atomic E-state index is 5.60. The van der Waals surface area contributed by atoms with Gasteiger partial charge in [0.05, 0.1) is 24.7 Å². The van der Waals surface area contributed by atoms with Crippen molar-refractivity contribution in [3.63, 3.8) is 0 Å². The molecule has 1 aromatic carbocycles. The fourth-order valence-electron chi connectivity index (χ4n) is 3.85. The Morgan fingerprint density at radius 3 is 2.52 bits per heavy atom. The van der Waals surface area contributed by atoms with Gasteiger partial charge in [-0.05, 0) is 50.9 Å². The van der Waals surface area contributed by atoms with Gasteiger partial charge in [-0.3, -0.25) is 4.90 Å². The minimum absolute atomic E-state index is 0.769. The molecular weight excluding hydrogens is 338 g/mol. The minimum Gasteiger partial charge on any atom is -0.495 e. The monoisotopic (exact) mass is 365 g/mol. The molecule has 6 nitrogen and oxygen atoms in total. The molecule has 0 atom stereocenters. The maximum Gasteiger partial charge on any atom is 0.227 e. The normalized spacial score (nSPS) is 17.2. The first-order valence-corrected chi connectivity index (χ1v) is 9.82. The first-order valence-electron chi connectivity index (χ1n) is 9.82. The van der Waals surface area contributed by atoms with Gasteiger partial charge in [0, 0.05) is 25.5 Å². The highest BCUT2D eigenvalue weighted by molar-refractivity contribution is 5.92. The molecule has 142 valence electrons. The Balaban J connectivity index is 1.71. The Morgan fingerprint density at radius 1 is 1.07 bits per heavy atom. The third-order valence-electron chi connectivity index (χ3n) is 5.36. The smallest absolute Gasteiger partial charge is 0.227 e.